The summed E-state index contributed by atoms with van der Waals surface area (Å²) in [6.45, 7) is 10.4. The standard InChI is InChI=1S/C28H36FNO2/c1-5-31-20-9-11-28(4)24-10-12-27(3)22(18-13-19(29)17-30-16-18)7-8-23(27)21(24)15-26(32-6-2)25(28)14-20/h7,13-14,16-17,21,23-24H,5-6,8-12,15H2,1-4H3. The van der Waals surface area contributed by atoms with Crippen molar-refractivity contribution in [2.75, 3.05) is 13.2 Å². The SMILES string of the molecule is CCOC1=CC2=C(OCC)CC3C4CC=C(c5cncc(F)c5)C4(C)CCC3C2(C)CC1. The second kappa shape index (κ2) is 8.04. The molecular formula is C28H36FNO2. The monoisotopic (exact) mass is 437 g/mol. The lowest BCUT2D eigenvalue weighted by molar-refractivity contribution is -0.0229. The van der Waals surface area contributed by atoms with Gasteiger partial charge in [-0.25, -0.2) is 4.39 Å². The van der Waals surface area contributed by atoms with Crippen LogP contribution in [0.2, 0.25) is 0 Å². The van der Waals surface area contributed by atoms with Crippen molar-refractivity contribution in [1.82, 2.24) is 4.98 Å². The van der Waals surface area contributed by atoms with Gasteiger partial charge in [-0.05, 0) is 97.0 Å². The van der Waals surface area contributed by atoms with Gasteiger partial charge in [-0.15, -0.1) is 0 Å². The van der Waals surface area contributed by atoms with Crippen molar-refractivity contribution in [1.29, 1.82) is 0 Å². The lowest BCUT2D eigenvalue weighted by Gasteiger charge is -2.57. The highest BCUT2D eigenvalue weighted by Gasteiger charge is 2.58. The van der Waals surface area contributed by atoms with Crippen LogP contribution in [0, 0.1) is 34.4 Å². The minimum Gasteiger partial charge on any atom is -0.498 e. The normalized spacial score (nSPS) is 36.0. The molecule has 5 rings (SSSR count). The van der Waals surface area contributed by atoms with E-state index in [9.17, 15) is 4.39 Å². The topological polar surface area (TPSA) is 31.4 Å². The predicted molar refractivity (Wildman–Crippen MR) is 125 cm³/mol. The van der Waals surface area contributed by atoms with Gasteiger partial charge >= 0.3 is 0 Å². The van der Waals surface area contributed by atoms with Crippen molar-refractivity contribution in [3.05, 3.63) is 59.1 Å². The number of halogens is 1. The molecule has 1 fully saturated rings. The summed E-state index contributed by atoms with van der Waals surface area (Å²) in [5, 5.41) is 0. The molecule has 3 nitrogen and oxygen atoms in total. The summed E-state index contributed by atoms with van der Waals surface area (Å²) < 4.78 is 26.2. The van der Waals surface area contributed by atoms with Gasteiger partial charge in [0.2, 0.25) is 0 Å². The van der Waals surface area contributed by atoms with Gasteiger partial charge in [0.05, 0.1) is 25.2 Å². The molecule has 0 aliphatic heterocycles. The third-order valence-corrected chi connectivity index (χ3v) is 9.03. The molecule has 172 valence electrons. The summed E-state index contributed by atoms with van der Waals surface area (Å²) in [6, 6.07) is 1.66. The molecular weight excluding hydrogens is 401 g/mol. The zero-order chi connectivity index (χ0) is 22.5. The van der Waals surface area contributed by atoms with Gasteiger partial charge in [-0.3, -0.25) is 4.98 Å². The first-order valence-corrected chi connectivity index (χ1v) is 12.4. The fourth-order valence-electron chi connectivity index (χ4n) is 7.57. The number of ether oxygens (including phenoxy) is 2. The molecule has 5 atom stereocenters. The van der Waals surface area contributed by atoms with Crippen LogP contribution in [0.3, 0.4) is 0 Å². The molecule has 0 bridgehead atoms. The van der Waals surface area contributed by atoms with Crippen LogP contribution in [-0.4, -0.2) is 18.2 Å². The molecule has 1 aromatic heterocycles. The van der Waals surface area contributed by atoms with Crippen molar-refractivity contribution in [2.45, 2.75) is 66.2 Å². The van der Waals surface area contributed by atoms with Gasteiger partial charge in [0.15, 0.2) is 0 Å². The minimum atomic E-state index is -0.250. The number of allylic oxidation sites excluding steroid dienone is 6. The summed E-state index contributed by atoms with van der Waals surface area (Å²) >= 11 is 0. The van der Waals surface area contributed by atoms with Crippen LogP contribution >= 0.6 is 0 Å². The number of rotatable bonds is 5. The molecule has 4 heteroatoms. The fraction of sp³-hybridized carbons (Fsp3) is 0.607. The van der Waals surface area contributed by atoms with Crippen molar-refractivity contribution in [3.63, 3.8) is 0 Å². The van der Waals surface area contributed by atoms with Crippen molar-refractivity contribution >= 4 is 5.57 Å². The lowest BCUT2D eigenvalue weighted by Crippen LogP contribution is -2.49. The van der Waals surface area contributed by atoms with Gasteiger partial charge in [0.25, 0.3) is 0 Å². The Morgan fingerprint density at radius 2 is 1.88 bits per heavy atom. The van der Waals surface area contributed by atoms with Crippen LogP contribution in [0.5, 0.6) is 0 Å². The molecule has 1 aromatic rings. The van der Waals surface area contributed by atoms with Gasteiger partial charge in [-0.1, -0.05) is 19.9 Å². The minimum absolute atomic E-state index is 0.0722. The Balaban J connectivity index is 1.52. The second-order valence-electron chi connectivity index (χ2n) is 10.5. The molecule has 0 radical (unpaired) electrons. The molecule has 5 unspecified atom stereocenters. The maximum atomic E-state index is 14.0. The van der Waals surface area contributed by atoms with E-state index in [-0.39, 0.29) is 16.6 Å². The number of nitrogens with zero attached hydrogens (tertiary/aromatic N) is 1. The molecule has 32 heavy (non-hydrogen) atoms. The van der Waals surface area contributed by atoms with E-state index >= 15 is 0 Å². The second-order valence-corrected chi connectivity index (χ2v) is 10.5. The number of fused-ring (bicyclic) bond motifs is 5. The van der Waals surface area contributed by atoms with E-state index in [0.717, 1.165) is 50.0 Å². The number of pyridine rings is 1. The molecule has 0 amide bonds. The van der Waals surface area contributed by atoms with Crippen molar-refractivity contribution in [3.8, 4) is 0 Å². The van der Waals surface area contributed by atoms with Crippen LogP contribution in [0.4, 0.5) is 4.39 Å². The highest BCUT2D eigenvalue weighted by Crippen LogP contribution is 2.67. The number of aromatic nitrogens is 1. The molecule has 0 aromatic carbocycles. The van der Waals surface area contributed by atoms with Crippen molar-refractivity contribution < 1.29 is 13.9 Å². The highest BCUT2D eigenvalue weighted by atomic mass is 19.1. The molecule has 0 N–H and O–H groups in total. The quantitative estimate of drug-likeness (QED) is 0.493. The smallest absolute Gasteiger partial charge is 0.142 e. The third-order valence-electron chi connectivity index (χ3n) is 9.03. The van der Waals surface area contributed by atoms with Crippen LogP contribution < -0.4 is 0 Å². The first-order chi connectivity index (χ1) is 15.4. The largest absolute Gasteiger partial charge is 0.498 e. The summed E-state index contributed by atoms with van der Waals surface area (Å²) in [5.41, 5.74) is 3.85. The van der Waals surface area contributed by atoms with E-state index < -0.39 is 0 Å². The average molecular weight is 438 g/mol. The van der Waals surface area contributed by atoms with Gasteiger partial charge in [0.1, 0.15) is 11.6 Å². The Kier molecular flexibility index (Phi) is 5.46. The van der Waals surface area contributed by atoms with Crippen LogP contribution in [0.25, 0.3) is 5.57 Å². The zero-order valence-electron chi connectivity index (χ0n) is 19.9. The Morgan fingerprint density at radius 3 is 2.62 bits per heavy atom. The molecule has 4 aliphatic rings. The Labute approximate surface area is 191 Å². The van der Waals surface area contributed by atoms with Crippen LogP contribution in [-0.2, 0) is 9.47 Å². The summed E-state index contributed by atoms with van der Waals surface area (Å²) in [5.74, 6) is 3.84. The highest BCUT2D eigenvalue weighted by molar-refractivity contribution is 5.72. The average Bonchev–Trinajstić information content (AvgIpc) is 3.12. The van der Waals surface area contributed by atoms with Crippen LogP contribution in [0.1, 0.15) is 71.8 Å². The summed E-state index contributed by atoms with van der Waals surface area (Å²) in [6.07, 6.45) is 14.4. The maximum Gasteiger partial charge on any atom is 0.142 e. The summed E-state index contributed by atoms with van der Waals surface area (Å²) in [7, 11) is 0. The van der Waals surface area contributed by atoms with Gasteiger partial charge in [0, 0.05) is 19.0 Å². The Morgan fingerprint density at radius 1 is 1.06 bits per heavy atom. The zero-order valence-corrected chi connectivity index (χ0v) is 19.9. The summed E-state index contributed by atoms with van der Waals surface area (Å²) in [4.78, 5) is 4.14. The maximum absolute atomic E-state index is 14.0. The third kappa shape index (κ3) is 3.24. The van der Waals surface area contributed by atoms with Gasteiger partial charge in [-0.2, -0.15) is 0 Å². The fourth-order valence-corrected chi connectivity index (χ4v) is 7.57. The Bertz CT molecular complexity index is 995. The molecule has 4 aliphatic carbocycles. The van der Waals surface area contributed by atoms with Crippen LogP contribution in [0.15, 0.2) is 47.7 Å². The molecule has 0 saturated heterocycles. The first kappa shape index (κ1) is 21.7. The first-order valence-electron chi connectivity index (χ1n) is 12.4. The van der Waals surface area contributed by atoms with Gasteiger partial charge < -0.3 is 9.47 Å². The van der Waals surface area contributed by atoms with E-state index in [1.807, 2.05) is 6.20 Å². The van der Waals surface area contributed by atoms with E-state index in [4.69, 9.17) is 9.47 Å². The van der Waals surface area contributed by atoms with Crippen molar-refractivity contribution in [2.24, 2.45) is 28.6 Å². The molecule has 1 saturated carbocycles. The van der Waals surface area contributed by atoms with E-state index in [1.54, 1.807) is 6.07 Å². The van der Waals surface area contributed by atoms with E-state index in [2.05, 4.69) is 44.8 Å². The predicted octanol–water partition coefficient (Wildman–Crippen LogP) is 7.07. The number of hydrogen-bond acceptors (Lipinski definition) is 3. The number of hydrogen-bond donors (Lipinski definition) is 0. The molecule has 1 heterocycles. The Hall–Kier alpha value is -2.10. The lowest BCUT2D eigenvalue weighted by atomic mass is 9.47. The van der Waals surface area contributed by atoms with E-state index in [1.165, 1.54) is 29.5 Å². The molecule has 0 spiro atoms. The van der Waals surface area contributed by atoms with E-state index in [0.29, 0.717) is 24.4 Å².